The lowest BCUT2D eigenvalue weighted by molar-refractivity contribution is 0.0700. The molecule has 0 spiro atoms. The van der Waals surface area contributed by atoms with Crippen LogP contribution in [0.2, 0.25) is 0 Å². The number of hydrogen-bond acceptors (Lipinski definition) is 5. The van der Waals surface area contributed by atoms with Gasteiger partial charge in [0, 0.05) is 25.2 Å². The van der Waals surface area contributed by atoms with Gasteiger partial charge in [0.15, 0.2) is 0 Å². The molecule has 1 atom stereocenters. The maximum absolute atomic E-state index is 12.5. The summed E-state index contributed by atoms with van der Waals surface area (Å²) in [6.45, 7) is 1.35. The lowest BCUT2D eigenvalue weighted by Gasteiger charge is -2.32. The highest BCUT2D eigenvalue weighted by atomic mass is 16.5. The van der Waals surface area contributed by atoms with Crippen molar-refractivity contribution >= 4 is 5.91 Å². The van der Waals surface area contributed by atoms with E-state index in [0.29, 0.717) is 18.1 Å². The van der Waals surface area contributed by atoms with Gasteiger partial charge in [0.2, 0.25) is 5.88 Å². The molecule has 0 saturated carbocycles. The van der Waals surface area contributed by atoms with E-state index in [9.17, 15) is 4.79 Å². The number of nitrogens with zero attached hydrogens (tertiary/aromatic N) is 4. The van der Waals surface area contributed by atoms with Crippen LogP contribution in [0.4, 0.5) is 0 Å². The van der Waals surface area contributed by atoms with Crippen molar-refractivity contribution < 1.29 is 9.53 Å². The van der Waals surface area contributed by atoms with Crippen LogP contribution in [0.15, 0.2) is 55.2 Å². The van der Waals surface area contributed by atoms with E-state index >= 15 is 0 Å². The number of carbonyl (C=O) groups is 1. The minimum absolute atomic E-state index is 0.0307. The van der Waals surface area contributed by atoms with Crippen LogP contribution < -0.4 is 4.74 Å². The first-order valence-electron chi connectivity index (χ1n) is 8.62. The molecule has 0 aliphatic carbocycles. The maximum atomic E-state index is 12.5. The molecule has 1 fully saturated rings. The molecule has 0 bridgehead atoms. The Hall–Kier alpha value is -3.22. The second-order valence-electron chi connectivity index (χ2n) is 6.25. The van der Waals surface area contributed by atoms with Gasteiger partial charge in [0.25, 0.3) is 5.91 Å². The van der Waals surface area contributed by atoms with E-state index < -0.39 is 0 Å². The molecular weight excluding hydrogens is 330 g/mol. The molecule has 7 nitrogen and oxygen atoms in total. The lowest BCUT2D eigenvalue weighted by Crippen LogP contribution is -2.39. The second-order valence-corrected chi connectivity index (χ2v) is 6.25. The van der Waals surface area contributed by atoms with E-state index in [4.69, 9.17) is 4.74 Å². The van der Waals surface area contributed by atoms with Crippen LogP contribution in [-0.4, -0.2) is 43.8 Å². The van der Waals surface area contributed by atoms with E-state index in [2.05, 4.69) is 19.9 Å². The molecule has 132 valence electrons. The highest BCUT2D eigenvalue weighted by Crippen LogP contribution is 2.28. The number of ether oxygens (including phenoxy) is 1. The van der Waals surface area contributed by atoms with Gasteiger partial charge in [-0.3, -0.25) is 9.78 Å². The monoisotopic (exact) mass is 349 g/mol. The van der Waals surface area contributed by atoms with Crippen molar-refractivity contribution in [1.82, 2.24) is 24.8 Å². The molecule has 1 N–H and O–H groups in total. The van der Waals surface area contributed by atoms with E-state index in [0.717, 1.165) is 30.8 Å². The SMILES string of the molecule is O=C(c1cnc[nH]1)N1CCC[C@@H](c2cncc(Oc3ccccc3)n2)C1. The van der Waals surface area contributed by atoms with Gasteiger partial charge >= 0.3 is 0 Å². The minimum atomic E-state index is -0.0307. The summed E-state index contributed by atoms with van der Waals surface area (Å²) >= 11 is 0. The van der Waals surface area contributed by atoms with Crippen LogP contribution in [0.5, 0.6) is 11.6 Å². The fourth-order valence-electron chi connectivity index (χ4n) is 3.16. The number of amides is 1. The van der Waals surface area contributed by atoms with Gasteiger partial charge in [-0.2, -0.15) is 0 Å². The molecule has 1 aliphatic rings. The number of imidazole rings is 1. The molecular formula is C19H19N5O2. The Balaban J connectivity index is 1.48. The number of H-pyrrole nitrogens is 1. The molecule has 26 heavy (non-hydrogen) atoms. The maximum Gasteiger partial charge on any atom is 0.271 e. The summed E-state index contributed by atoms with van der Waals surface area (Å²) in [5.41, 5.74) is 1.36. The Morgan fingerprint density at radius 2 is 2.04 bits per heavy atom. The smallest absolute Gasteiger partial charge is 0.271 e. The number of para-hydroxylation sites is 1. The van der Waals surface area contributed by atoms with Crippen molar-refractivity contribution in [3.63, 3.8) is 0 Å². The third-order valence-corrected chi connectivity index (χ3v) is 4.45. The lowest BCUT2D eigenvalue weighted by atomic mass is 9.95. The number of aromatic amines is 1. The Morgan fingerprint density at radius 3 is 2.85 bits per heavy atom. The zero-order valence-corrected chi connectivity index (χ0v) is 14.2. The largest absolute Gasteiger partial charge is 0.437 e. The van der Waals surface area contributed by atoms with E-state index in [1.165, 1.54) is 6.33 Å². The summed E-state index contributed by atoms with van der Waals surface area (Å²) < 4.78 is 5.78. The van der Waals surface area contributed by atoms with Gasteiger partial charge < -0.3 is 14.6 Å². The summed E-state index contributed by atoms with van der Waals surface area (Å²) in [5, 5.41) is 0. The van der Waals surface area contributed by atoms with Gasteiger partial charge in [-0.05, 0) is 25.0 Å². The molecule has 1 amide bonds. The van der Waals surface area contributed by atoms with Crippen molar-refractivity contribution in [2.24, 2.45) is 0 Å². The summed E-state index contributed by atoms with van der Waals surface area (Å²) in [4.78, 5) is 30.1. The Labute approximate surface area is 151 Å². The zero-order chi connectivity index (χ0) is 17.8. The highest BCUT2D eigenvalue weighted by Gasteiger charge is 2.27. The number of likely N-dealkylation sites (tertiary alicyclic amines) is 1. The molecule has 7 heteroatoms. The number of rotatable bonds is 4. The van der Waals surface area contributed by atoms with Gasteiger partial charge in [-0.25, -0.2) is 9.97 Å². The Bertz CT molecular complexity index is 867. The van der Waals surface area contributed by atoms with Crippen LogP contribution >= 0.6 is 0 Å². The van der Waals surface area contributed by atoms with Crippen LogP contribution in [0.3, 0.4) is 0 Å². The van der Waals surface area contributed by atoms with Gasteiger partial charge in [0.05, 0.1) is 24.4 Å². The Kier molecular flexibility index (Phi) is 4.59. The third-order valence-electron chi connectivity index (χ3n) is 4.45. The van der Waals surface area contributed by atoms with E-state index in [1.807, 2.05) is 35.2 Å². The van der Waals surface area contributed by atoms with Crippen molar-refractivity contribution in [1.29, 1.82) is 0 Å². The molecule has 3 aromatic rings. The van der Waals surface area contributed by atoms with Crippen molar-refractivity contribution in [2.45, 2.75) is 18.8 Å². The normalized spacial score (nSPS) is 17.1. The number of aromatic nitrogens is 4. The van der Waals surface area contributed by atoms with Crippen LogP contribution in [0, 0.1) is 0 Å². The van der Waals surface area contributed by atoms with Crippen LogP contribution in [0.25, 0.3) is 0 Å². The minimum Gasteiger partial charge on any atom is -0.437 e. The quantitative estimate of drug-likeness (QED) is 0.783. The molecule has 0 unspecified atom stereocenters. The Morgan fingerprint density at radius 1 is 1.15 bits per heavy atom. The number of benzene rings is 1. The third kappa shape index (κ3) is 3.56. The van der Waals surface area contributed by atoms with Gasteiger partial charge in [-0.15, -0.1) is 0 Å². The van der Waals surface area contributed by atoms with Crippen LogP contribution in [0.1, 0.15) is 34.9 Å². The zero-order valence-electron chi connectivity index (χ0n) is 14.2. The van der Waals surface area contributed by atoms with Crippen molar-refractivity contribution in [3.8, 4) is 11.6 Å². The van der Waals surface area contributed by atoms with Crippen molar-refractivity contribution in [3.05, 3.63) is 66.6 Å². The average Bonchev–Trinajstić information content (AvgIpc) is 3.23. The first-order chi connectivity index (χ1) is 12.8. The highest BCUT2D eigenvalue weighted by molar-refractivity contribution is 5.92. The summed E-state index contributed by atoms with van der Waals surface area (Å²) in [7, 11) is 0. The molecule has 2 aromatic heterocycles. The number of carbonyl (C=O) groups excluding carboxylic acids is 1. The molecule has 0 radical (unpaired) electrons. The summed E-state index contributed by atoms with van der Waals surface area (Å²) in [6, 6.07) is 9.50. The van der Waals surface area contributed by atoms with E-state index in [1.54, 1.807) is 18.6 Å². The number of hydrogen-bond donors (Lipinski definition) is 1. The van der Waals surface area contributed by atoms with Gasteiger partial charge in [0.1, 0.15) is 11.4 Å². The van der Waals surface area contributed by atoms with Gasteiger partial charge in [-0.1, -0.05) is 18.2 Å². The van der Waals surface area contributed by atoms with Crippen molar-refractivity contribution in [2.75, 3.05) is 13.1 Å². The summed E-state index contributed by atoms with van der Waals surface area (Å²) in [6.07, 6.45) is 8.33. The first kappa shape index (κ1) is 16.3. The predicted molar refractivity (Wildman–Crippen MR) is 95.0 cm³/mol. The predicted octanol–water partition coefficient (Wildman–Crippen LogP) is 3.01. The molecule has 3 heterocycles. The first-order valence-corrected chi connectivity index (χ1v) is 8.62. The fraction of sp³-hybridized carbons (Fsp3) is 0.263. The summed E-state index contributed by atoms with van der Waals surface area (Å²) in [5.74, 6) is 1.30. The molecule has 1 saturated heterocycles. The number of piperidine rings is 1. The number of nitrogens with one attached hydrogen (secondary N) is 1. The molecule has 1 aromatic carbocycles. The van der Waals surface area contributed by atoms with E-state index in [-0.39, 0.29) is 11.8 Å². The second kappa shape index (κ2) is 7.35. The molecule has 4 rings (SSSR count). The topological polar surface area (TPSA) is 84.0 Å². The molecule has 1 aliphatic heterocycles. The average molecular weight is 349 g/mol. The van der Waals surface area contributed by atoms with Crippen LogP contribution in [-0.2, 0) is 0 Å². The standard InChI is InChI=1S/C19H19N5O2/c25-19(17-10-21-13-22-17)24-8-4-5-14(12-24)16-9-20-11-18(23-16)26-15-6-2-1-3-7-15/h1-3,6-7,9-11,13-14H,4-5,8,12H2,(H,21,22)/t14-/m1/s1. The fourth-order valence-corrected chi connectivity index (χ4v) is 3.16.